The third kappa shape index (κ3) is 6.34. The molecule has 69 valence electrons. The minimum absolute atomic E-state index is 0.645. The lowest BCUT2D eigenvalue weighted by atomic mass is 9.47. The minimum Gasteiger partial charge on any atom is -0.352 e. The molecule has 0 heterocycles. The second kappa shape index (κ2) is 8.72. The molecule has 0 aromatic rings. The molecule has 0 N–H and O–H groups in total. The predicted octanol–water partition coefficient (Wildman–Crippen LogP) is 3.64. The third-order valence-corrected chi connectivity index (χ3v) is 2.20. The van der Waals surface area contributed by atoms with Crippen LogP contribution in [0.5, 0.6) is 0 Å². The van der Waals surface area contributed by atoms with E-state index in [9.17, 15) is 0 Å². The largest absolute Gasteiger partial charge is 0.352 e. The highest BCUT2D eigenvalue weighted by Crippen LogP contribution is 1.99. The second-order valence-corrected chi connectivity index (χ2v) is 3.29. The van der Waals surface area contributed by atoms with Gasteiger partial charge in [0.1, 0.15) is 0 Å². The quantitative estimate of drug-likeness (QED) is 0.330. The fraction of sp³-hybridized carbons (Fsp3) is 0.818. The van der Waals surface area contributed by atoms with Gasteiger partial charge in [0, 0.05) is 6.42 Å². The Morgan fingerprint density at radius 1 is 1.00 bits per heavy atom. The normalized spacial score (nSPS) is 9.67. The Bertz CT molecular complexity index is 137. The van der Waals surface area contributed by atoms with Crippen LogP contribution in [0.2, 0.25) is 12.6 Å². The van der Waals surface area contributed by atoms with E-state index in [1.165, 1.54) is 31.9 Å². The number of rotatable bonds is 5. The summed E-state index contributed by atoms with van der Waals surface area (Å²) >= 11 is 0. The summed E-state index contributed by atoms with van der Waals surface area (Å²) < 4.78 is 0. The third-order valence-electron chi connectivity index (χ3n) is 2.20. The first kappa shape index (κ1) is 11.6. The standard InChI is InChI=1S/C11H21B/c1-4-7-8-9-10-11-12(5-2)6-3/h4-9H2,1-3H3/q-1. The van der Waals surface area contributed by atoms with Gasteiger partial charge in [-0.3, -0.25) is 0 Å². The molecule has 0 nitrogen and oxygen atoms in total. The van der Waals surface area contributed by atoms with Crippen molar-refractivity contribution in [2.45, 2.75) is 59.1 Å². The lowest BCUT2D eigenvalue weighted by Crippen LogP contribution is -2.04. The molecule has 1 heteroatoms. The zero-order valence-electron chi connectivity index (χ0n) is 8.82. The molecule has 0 aliphatic rings. The summed E-state index contributed by atoms with van der Waals surface area (Å²) in [4.78, 5) is 0. The minimum atomic E-state index is 0.645. The average Bonchev–Trinajstić information content (AvgIpc) is 2.11. The van der Waals surface area contributed by atoms with Crippen molar-refractivity contribution < 1.29 is 0 Å². The molecule has 0 aromatic heterocycles. The van der Waals surface area contributed by atoms with Crippen LogP contribution in [0.15, 0.2) is 0 Å². The van der Waals surface area contributed by atoms with Gasteiger partial charge in [-0.15, -0.1) is 0 Å². The Kier molecular flexibility index (Phi) is 8.45. The number of unbranched alkanes of at least 4 members (excludes halogenated alkanes) is 3. The topological polar surface area (TPSA) is 0 Å². The van der Waals surface area contributed by atoms with Crippen molar-refractivity contribution in [3.05, 3.63) is 0 Å². The molecular weight excluding hydrogens is 143 g/mol. The van der Waals surface area contributed by atoms with Gasteiger partial charge in [-0.1, -0.05) is 33.6 Å². The second-order valence-electron chi connectivity index (χ2n) is 3.29. The molecule has 0 amide bonds. The van der Waals surface area contributed by atoms with Gasteiger partial charge in [0.05, 0.1) is 0 Å². The lowest BCUT2D eigenvalue weighted by Gasteiger charge is -2.12. The van der Waals surface area contributed by atoms with Crippen LogP contribution in [0.1, 0.15) is 46.5 Å². The Morgan fingerprint density at radius 3 is 2.17 bits per heavy atom. The van der Waals surface area contributed by atoms with Crippen LogP contribution in [-0.4, -0.2) is 6.71 Å². The van der Waals surface area contributed by atoms with E-state index in [1.807, 2.05) is 0 Å². The Balaban J connectivity index is 3.42. The number of hydrogen-bond acceptors (Lipinski definition) is 0. The van der Waals surface area contributed by atoms with Crippen LogP contribution in [-0.2, 0) is 0 Å². The summed E-state index contributed by atoms with van der Waals surface area (Å²) in [5, 5.41) is 0. The average molecular weight is 164 g/mol. The van der Waals surface area contributed by atoms with E-state index in [0.717, 1.165) is 6.42 Å². The first-order valence-electron chi connectivity index (χ1n) is 5.33. The van der Waals surface area contributed by atoms with Crippen molar-refractivity contribution >= 4 is 6.71 Å². The summed E-state index contributed by atoms with van der Waals surface area (Å²) in [6.07, 6.45) is 7.42. The van der Waals surface area contributed by atoms with Crippen molar-refractivity contribution in [3.8, 4) is 11.7 Å². The Labute approximate surface area is 78.2 Å². The highest BCUT2D eigenvalue weighted by atomic mass is 13.8. The molecular formula is C11H21B-. The van der Waals surface area contributed by atoms with Gasteiger partial charge < -0.3 is 5.82 Å². The Morgan fingerprint density at radius 2 is 1.67 bits per heavy atom. The van der Waals surface area contributed by atoms with Gasteiger partial charge in [-0.05, 0) is 13.1 Å². The van der Waals surface area contributed by atoms with Crippen molar-refractivity contribution in [2.75, 3.05) is 0 Å². The molecule has 12 heavy (non-hydrogen) atoms. The van der Waals surface area contributed by atoms with Gasteiger partial charge in [-0.2, -0.15) is 18.6 Å². The van der Waals surface area contributed by atoms with Crippen LogP contribution in [0, 0.1) is 11.7 Å². The van der Waals surface area contributed by atoms with Gasteiger partial charge in [0.25, 0.3) is 0 Å². The van der Waals surface area contributed by atoms with Crippen molar-refractivity contribution in [3.63, 3.8) is 0 Å². The molecule has 0 fully saturated rings. The van der Waals surface area contributed by atoms with Crippen molar-refractivity contribution in [2.24, 2.45) is 0 Å². The first-order valence-corrected chi connectivity index (χ1v) is 5.33. The van der Waals surface area contributed by atoms with Crippen molar-refractivity contribution in [1.29, 1.82) is 0 Å². The summed E-state index contributed by atoms with van der Waals surface area (Å²) in [7, 11) is 0. The van der Waals surface area contributed by atoms with Crippen LogP contribution in [0.3, 0.4) is 0 Å². The van der Waals surface area contributed by atoms with Crippen LogP contribution in [0.4, 0.5) is 0 Å². The van der Waals surface area contributed by atoms with E-state index >= 15 is 0 Å². The Hall–Kier alpha value is -0.375. The molecule has 0 saturated heterocycles. The summed E-state index contributed by atoms with van der Waals surface area (Å²) in [5.74, 6) is 6.60. The van der Waals surface area contributed by atoms with E-state index in [2.05, 4.69) is 32.5 Å². The molecule has 0 aliphatic carbocycles. The van der Waals surface area contributed by atoms with Gasteiger partial charge in [0.2, 0.25) is 0 Å². The maximum Gasteiger partial charge on any atom is 0.00493 e. The van der Waals surface area contributed by atoms with Crippen LogP contribution < -0.4 is 0 Å². The molecule has 0 unspecified atom stereocenters. The summed E-state index contributed by atoms with van der Waals surface area (Å²) in [6, 6.07) is 0. The van der Waals surface area contributed by atoms with Crippen LogP contribution >= 0.6 is 0 Å². The highest BCUT2D eigenvalue weighted by molar-refractivity contribution is 6.67. The molecule has 0 bridgehead atoms. The zero-order valence-corrected chi connectivity index (χ0v) is 8.82. The zero-order chi connectivity index (χ0) is 9.23. The molecule has 1 radical (unpaired) electrons. The van der Waals surface area contributed by atoms with E-state index in [0.29, 0.717) is 6.71 Å². The summed E-state index contributed by atoms with van der Waals surface area (Å²) in [6.45, 7) is 7.31. The number of hydrogen-bond donors (Lipinski definition) is 0. The molecule has 0 aliphatic heterocycles. The van der Waals surface area contributed by atoms with Crippen molar-refractivity contribution in [1.82, 2.24) is 0 Å². The van der Waals surface area contributed by atoms with E-state index in [1.54, 1.807) is 0 Å². The lowest BCUT2D eigenvalue weighted by molar-refractivity contribution is 0.737. The maximum absolute atomic E-state index is 3.33. The first-order chi connectivity index (χ1) is 5.85. The highest BCUT2D eigenvalue weighted by Gasteiger charge is 1.84. The fourth-order valence-corrected chi connectivity index (χ4v) is 1.17. The predicted molar refractivity (Wildman–Crippen MR) is 58.6 cm³/mol. The van der Waals surface area contributed by atoms with Gasteiger partial charge >= 0.3 is 0 Å². The fourth-order valence-electron chi connectivity index (χ4n) is 1.17. The van der Waals surface area contributed by atoms with Gasteiger partial charge in [0.15, 0.2) is 0 Å². The molecule has 0 atom stereocenters. The van der Waals surface area contributed by atoms with E-state index < -0.39 is 0 Å². The maximum atomic E-state index is 3.33. The molecule has 0 aromatic carbocycles. The van der Waals surface area contributed by atoms with E-state index in [4.69, 9.17) is 0 Å². The smallest absolute Gasteiger partial charge is 0.00493 e. The van der Waals surface area contributed by atoms with Gasteiger partial charge in [-0.25, -0.2) is 0 Å². The SMILES string of the molecule is CCCCCC#C[B-](CC)CC. The van der Waals surface area contributed by atoms with Crippen LogP contribution in [0.25, 0.3) is 0 Å². The monoisotopic (exact) mass is 164 g/mol. The molecule has 0 saturated carbocycles. The van der Waals surface area contributed by atoms with E-state index in [-0.39, 0.29) is 0 Å². The summed E-state index contributed by atoms with van der Waals surface area (Å²) in [5.41, 5.74) is 0. The molecule has 0 spiro atoms. The molecule has 0 rings (SSSR count).